The Morgan fingerprint density at radius 2 is 2.24 bits per heavy atom. The molecule has 3 rings (SSSR count). The Morgan fingerprint density at radius 1 is 1.33 bits per heavy atom. The summed E-state index contributed by atoms with van der Waals surface area (Å²) in [6.45, 7) is 0. The number of thiazole rings is 1. The molecule has 0 saturated heterocycles. The van der Waals surface area contributed by atoms with Crippen LogP contribution in [0.4, 0.5) is 5.13 Å². The fraction of sp³-hybridized carbons (Fsp3) is 0.0667. The average molecular weight is 316 g/mol. The molecule has 1 aromatic carbocycles. The van der Waals surface area contributed by atoms with Crippen LogP contribution in [0.2, 0.25) is 0 Å². The molecule has 3 aromatic rings. The summed E-state index contributed by atoms with van der Waals surface area (Å²) in [4.78, 5) is 17.3. The molecule has 106 valence electrons. The number of carbonyl (C=O) groups is 1. The fourth-order valence-electron chi connectivity index (χ4n) is 1.83. The molecule has 2 heterocycles. The summed E-state index contributed by atoms with van der Waals surface area (Å²) in [5, 5.41) is 5.31. The molecular weight excluding hydrogens is 304 g/mol. The summed E-state index contributed by atoms with van der Waals surface area (Å²) < 4.78 is 6.24. The second kappa shape index (κ2) is 6.07. The molecule has 0 fully saturated rings. The van der Waals surface area contributed by atoms with E-state index in [2.05, 4.69) is 10.3 Å². The number of para-hydroxylation sites is 1. The highest BCUT2D eigenvalue weighted by atomic mass is 32.1. The number of nitrogens with zero attached hydrogens (tertiary/aromatic N) is 1. The predicted molar refractivity (Wildman–Crippen MR) is 88.2 cm³/mol. The van der Waals surface area contributed by atoms with Crippen molar-refractivity contribution in [3.63, 3.8) is 0 Å². The third kappa shape index (κ3) is 3.12. The van der Waals surface area contributed by atoms with Gasteiger partial charge in [0.1, 0.15) is 11.3 Å². The average Bonchev–Trinajstić information content (AvgIpc) is 3.13. The molecule has 1 amide bonds. The van der Waals surface area contributed by atoms with Crippen molar-refractivity contribution in [2.45, 2.75) is 0 Å². The van der Waals surface area contributed by atoms with E-state index in [0.29, 0.717) is 10.9 Å². The summed E-state index contributed by atoms with van der Waals surface area (Å²) in [5.41, 5.74) is 0.766. The number of rotatable bonds is 4. The zero-order valence-electron chi connectivity index (χ0n) is 11.2. The molecule has 21 heavy (non-hydrogen) atoms. The number of methoxy groups -OCH3 is 1. The van der Waals surface area contributed by atoms with Crippen LogP contribution in [-0.2, 0) is 4.79 Å². The lowest BCUT2D eigenvalue weighted by molar-refractivity contribution is -0.111. The standard InChI is InChI=1S/C15H12N2O2S2/c1-19-11-5-2-6-12-14(11)17-15(21-12)16-13(18)8-7-10-4-3-9-20-10/h2-9H,1H3,(H,16,17,18). The van der Waals surface area contributed by atoms with Gasteiger partial charge in [0.15, 0.2) is 5.13 Å². The first-order chi connectivity index (χ1) is 10.3. The van der Waals surface area contributed by atoms with E-state index in [0.717, 1.165) is 15.1 Å². The van der Waals surface area contributed by atoms with Gasteiger partial charge in [0, 0.05) is 11.0 Å². The summed E-state index contributed by atoms with van der Waals surface area (Å²) in [6.07, 6.45) is 3.29. The van der Waals surface area contributed by atoms with Crippen LogP contribution in [0.3, 0.4) is 0 Å². The van der Waals surface area contributed by atoms with Crippen LogP contribution in [0.15, 0.2) is 41.8 Å². The molecule has 4 nitrogen and oxygen atoms in total. The quantitative estimate of drug-likeness (QED) is 0.740. The molecule has 0 aliphatic heterocycles. The third-order valence-electron chi connectivity index (χ3n) is 2.77. The van der Waals surface area contributed by atoms with Crippen molar-refractivity contribution in [1.29, 1.82) is 0 Å². The molecular formula is C15H12N2O2S2. The topological polar surface area (TPSA) is 51.2 Å². The van der Waals surface area contributed by atoms with Crippen molar-refractivity contribution < 1.29 is 9.53 Å². The Bertz CT molecular complexity index is 791. The van der Waals surface area contributed by atoms with E-state index in [1.54, 1.807) is 24.5 Å². The molecule has 2 aromatic heterocycles. The van der Waals surface area contributed by atoms with Gasteiger partial charge < -0.3 is 4.74 Å². The van der Waals surface area contributed by atoms with Crippen LogP contribution < -0.4 is 10.1 Å². The number of fused-ring (bicyclic) bond motifs is 1. The van der Waals surface area contributed by atoms with Gasteiger partial charge in [-0.25, -0.2) is 4.98 Å². The molecule has 0 aliphatic rings. The van der Waals surface area contributed by atoms with Crippen LogP contribution in [-0.4, -0.2) is 18.0 Å². The van der Waals surface area contributed by atoms with Crippen LogP contribution in [0, 0.1) is 0 Å². The maximum Gasteiger partial charge on any atom is 0.250 e. The molecule has 0 radical (unpaired) electrons. The Morgan fingerprint density at radius 3 is 3.00 bits per heavy atom. The molecule has 0 unspecified atom stereocenters. The van der Waals surface area contributed by atoms with Gasteiger partial charge in [-0.3, -0.25) is 10.1 Å². The number of thiophene rings is 1. The predicted octanol–water partition coefficient (Wildman–Crippen LogP) is 4.02. The zero-order chi connectivity index (χ0) is 14.7. The van der Waals surface area contributed by atoms with Crippen LogP contribution >= 0.6 is 22.7 Å². The van der Waals surface area contributed by atoms with Gasteiger partial charge in [0.2, 0.25) is 5.91 Å². The first kappa shape index (κ1) is 13.8. The maximum atomic E-state index is 11.9. The first-order valence-corrected chi connectivity index (χ1v) is 7.92. The fourth-order valence-corrected chi connectivity index (χ4v) is 3.34. The van der Waals surface area contributed by atoms with E-state index in [9.17, 15) is 4.79 Å². The summed E-state index contributed by atoms with van der Waals surface area (Å²) in [5.74, 6) is 0.514. The zero-order valence-corrected chi connectivity index (χ0v) is 12.8. The van der Waals surface area contributed by atoms with E-state index in [1.165, 1.54) is 17.4 Å². The normalized spacial score (nSPS) is 11.1. The Hall–Kier alpha value is -2.18. The minimum absolute atomic E-state index is 0.193. The van der Waals surface area contributed by atoms with Crippen molar-refractivity contribution in [3.8, 4) is 5.75 Å². The van der Waals surface area contributed by atoms with Gasteiger partial charge in [0.05, 0.1) is 11.8 Å². The van der Waals surface area contributed by atoms with E-state index in [1.807, 2.05) is 35.7 Å². The number of ether oxygens (including phenoxy) is 1. The monoisotopic (exact) mass is 316 g/mol. The Kier molecular flexibility index (Phi) is 3.98. The van der Waals surface area contributed by atoms with Crippen molar-refractivity contribution >= 4 is 50.0 Å². The first-order valence-electron chi connectivity index (χ1n) is 6.22. The van der Waals surface area contributed by atoms with Gasteiger partial charge in [0.25, 0.3) is 0 Å². The lowest BCUT2D eigenvalue weighted by Gasteiger charge is -1.98. The van der Waals surface area contributed by atoms with Crippen molar-refractivity contribution in [1.82, 2.24) is 4.98 Å². The highest BCUT2D eigenvalue weighted by molar-refractivity contribution is 7.22. The van der Waals surface area contributed by atoms with Crippen molar-refractivity contribution in [3.05, 3.63) is 46.7 Å². The van der Waals surface area contributed by atoms with Gasteiger partial charge >= 0.3 is 0 Å². The van der Waals surface area contributed by atoms with E-state index in [-0.39, 0.29) is 5.91 Å². The highest BCUT2D eigenvalue weighted by Gasteiger charge is 2.09. The van der Waals surface area contributed by atoms with E-state index in [4.69, 9.17) is 4.74 Å². The largest absolute Gasteiger partial charge is 0.494 e. The van der Waals surface area contributed by atoms with Gasteiger partial charge in [-0.15, -0.1) is 11.3 Å². The van der Waals surface area contributed by atoms with Crippen molar-refractivity contribution in [2.24, 2.45) is 0 Å². The molecule has 0 aliphatic carbocycles. The van der Waals surface area contributed by atoms with E-state index < -0.39 is 0 Å². The lowest BCUT2D eigenvalue weighted by atomic mass is 10.3. The number of amides is 1. The number of hydrogen-bond donors (Lipinski definition) is 1. The summed E-state index contributed by atoms with van der Waals surface area (Å²) >= 11 is 3.01. The number of nitrogens with one attached hydrogen (secondary N) is 1. The SMILES string of the molecule is COc1cccc2sc(NC(=O)C=Cc3cccs3)nc12. The lowest BCUT2D eigenvalue weighted by Crippen LogP contribution is -2.07. The van der Waals surface area contributed by atoms with Crippen LogP contribution in [0.1, 0.15) is 4.88 Å². The minimum Gasteiger partial charge on any atom is -0.494 e. The molecule has 0 spiro atoms. The molecule has 0 saturated carbocycles. The minimum atomic E-state index is -0.193. The Balaban J connectivity index is 1.77. The highest BCUT2D eigenvalue weighted by Crippen LogP contribution is 2.32. The molecule has 0 atom stereocenters. The van der Waals surface area contributed by atoms with Crippen molar-refractivity contribution in [2.75, 3.05) is 12.4 Å². The number of carbonyl (C=O) groups excluding carboxylic acids is 1. The van der Waals surface area contributed by atoms with E-state index >= 15 is 0 Å². The Labute approximate surface area is 129 Å². The van der Waals surface area contributed by atoms with Crippen LogP contribution in [0.25, 0.3) is 16.3 Å². The number of anilines is 1. The van der Waals surface area contributed by atoms with Gasteiger partial charge in [-0.05, 0) is 29.7 Å². The number of hydrogen-bond acceptors (Lipinski definition) is 5. The third-order valence-corrected chi connectivity index (χ3v) is 4.55. The molecule has 1 N–H and O–H groups in total. The smallest absolute Gasteiger partial charge is 0.250 e. The van der Waals surface area contributed by atoms with Gasteiger partial charge in [-0.2, -0.15) is 0 Å². The summed E-state index contributed by atoms with van der Waals surface area (Å²) in [6, 6.07) is 9.61. The van der Waals surface area contributed by atoms with Crippen LogP contribution in [0.5, 0.6) is 5.75 Å². The molecule has 0 bridgehead atoms. The van der Waals surface area contributed by atoms with Gasteiger partial charge in [-0.1, -0.05) is 23.5 Å². The number of aromatic nitrogens is 1. The second-order valence-electron chi connectivity index (χ2n) is 4.16. The second-order valence-corrected chi connectivity index (χ2v) is 6.17. The number of benzene rings is 1. The summed E-state index contributed by atoms with van der Waals surface area (Å²) in [7, 11) is 1.61. The molecule has 6 heteroatoms. The maximum absolute atomic E-state index is 11.9.